The number of methoxy groups -OCH3 is 1. The minimum Gasteiger partial charge on any atom is -0.497 e. The molecular formula is C17H17FO. The highest BCUT2D eigenvalue weighted by atomic mass is 19.1. The predicted molar refractivity (Wildman–Crippen MR) is 74.2 cm³/mol. The summed E-state index contributed by atoms with van der Waals surface area (Å²) in [5.74, 6) is 1.27. The van der Waals surface area contributed by atoms with Crippen LogP contribution in [0.2, 0.25) is 0 Å². The maximum Gasteiger partial charge on any atom is 0.123 e. The van der Waals surface area contributed by atoms with E-state index in [1.807, 2.05) is 18.2 Å². The van der Waals surface area contributed by atoms with Crippen molar-refractivity contribution in [3.63, 3.8) is 0 Å². The third-order valence-corrected chi connectivity index (χ3v) is 3.98. The molecule has 98 valence electrons. The second-order valence-corrected chi connectivity index (χ2v) is 5.13. The van der Waals surface area contributed by atoms with E-state index in [1.165, 1.54) is 16.7 Å². The minimum atomic E-state index is -0.162. The van der Waals surface area contributed by atoms with Crippen molar-refractivity contribution in [3.8, 4) is 5.75 Å². The lowest BCUT2D eigenvalue weighted by molar-refractivity contribution is 0.413. The van der Waals surface area contributed by atoms with Crippen LogP contribution in [-0.4, -0.2) is 7.11 Å². The highest BCUT2D eigenvalue weighted by Gasteiger charge is 2.20. The average molecular weight is 256 g/mol. The van der Waals surface area contributed by atoms with Gasteiger partial charge in [0.2, 0.25) is 0 Å². The van der Waals surface area contributed by atoms with Crippen molar-refractivity contribution in [2.24, 2.45) is 0 Å². The molecule has 1 aliphatic carbocycles. The second-order valence-electron chi connectivity index (χ2n) is 5.13. The molecule has 1 nitrogen and oxygen atoms in total. The van der Waals surface area contributed by atoms with E-state index in [4.69, 9.17) is 4.74 Å². The number of fused-ring (bicyclic) bond motifs is 1. The summed E-state index contributed by atoms with van der Waals surface area (Å²) in [5.41, 5.74) is 4.02. The lowest BCUT2D eigenvalue weighted by Gasteiger charge is -2.25. The smallest absolute Gasteiger partial charge is 0.123 e. The lowest BCUT2D eigenvalue weighted by Crippen LogP contribution is -2.12. The summed E-state index contributed by atoms with van der Waals surface area (Å²) in [5, 5.41) is 0. The molecule has 0 amide bonds. The van der Waals surface area contributed by atoms with Gasteiger partial charge in [-0.3, -0.25) is 0 Å². The van der Waals surface area contributed by atoms with E-state index >= 15 is 0 Å². The molecular weight excluding hydrogens is 239 g/mol. The van der Waals surface area contributed by atoms with Gasteiger partial charge in [-0.15, -0.1) is 0 Å². The Morgan fingerprint density at radius 2 is 1.84 bits per heavy atom. The molecule has 2 aromatic rings. The number of hydrogen-bond acceptors (Lipinski definition) is 1. The number of hydrogen-bond donors (Lipinski definition) is 0. The van der Waals surface area contributed by atoms with Crippen LogP contribution in [0.15, 0.2) is 42.5 Å². The summed E-state index contributed by atoms with van der Waals surface area (Å²) in [6.07, 6.45) is 3.21. The molecule has 0 spiro atoms. The Kier molecular flexibility index (Phi) is 3.24. The summed E-state index contributed by atoms with van der Waals surface area (Å²) in [7, 11) is 1.70. The highest BCUT2D eigenvalue weighted by Crippen LogP contribution is 2.34. The molecule has 0 heterocycles. The highest BCUT2D eigenvalue weighted by molar-refractivity contribution is 5.39. The fraction of sp³-hybridized carbons (Fsp3) is 0.294. The number of benzene rings is 2. The van der Waals surface area contributed by atoms with Crippen molar-refractivity contribution in [3.05, 3.63) is 65.0 Å². The standard InChI is InChI=1S/C17H17FO/c1-19-17-9-6-14-10-13(2-3-15(14)11-17)12-4-7-16(18)8-5-12/h4-9,11,13H,2-3,10H2,1H3. The summed E-state index contributed by atoms with van der Waals surface area (Å²) in [4.78, 5) is 0. The number of ether oxygens (including phenoxy) is 1. The van der Waals surface area contributed by atoms with Gasteiger partial charge in [0.1, 0.15) is 11.6 Å². The zero-order chi connectivity index (χ0) is 13.2. The molecule has 1 atom stereocenters. The Morgan fingerprint density at radius 3 is 2.58 bits per heavy atom. The molecule has 0 aliphatic heterocycles. The van der Waals surface area contributed by atoms with E-state index in [2.05, 4.69) is 12.1 Å². The van der Waals surface area contributed by atoms with E-state index in [0.29, 0.717) is 5.92 Å². The zero-order valence-corrected chi connectivity index (χ0v) is 11.0. The van der Waals surface area contributed by atoms with Crippen molar-refractivity contribution < 1.29 is 9.13 Å². The first-order valence-electron chi connectivity index (χ1n) is 6.67. The molecule has 0 saturated carbocycles. The Morgan fingerprint density at radius 1 is 1.05 bits per heavy atom. The van der Waals surface area contributed by atoms with E-state index in [-0.39, 0.29) is 5.82 Å². The third kappa shape index (κ3) is 2.48. The van der Waals surface area contributed by atoms with Gasteiger partial charge < -0.3 is 4.74 Å². The quantitative estimate of drug-likeness (QED) is 0.785. The van der Waals surface area contributed by atoms with Gasteiger partial charge in [0.05, 0.1) is 7.11 Å². The molecule has 3 rings (SSSR count). The van der Waals surface area contributed by atoms with Gasteiger partial charge in [-0.25, -0.2) is 4.39 Å². The van der Waals surface area contributed by atoms with Gasteiger partial charge >= 0.3 is 0 Å². The van der Waals surface area contributed by atoms with Crippen LogP contribution in [0.3, 0.4) is 0 Å². The largest absolute Gasteiger partial charge is 0.497 e. The molecule has 1 unspecified atom stereocenters. The first kappa shape index (κ1) is 12.2. The van der Waals surface area contributed by atoms with Crippen LogP contribution >= 0.6 is 0 Å². The number of aryl methyl sites for hydroxylation is 1. The van der Waals surface area contributed by atoms with Crippen molar-refractivity contribution in [2.75, 3.05) is 7.11 Å². The van der Waals surface area contributed by atoms with E-state index in [9.17, 15) is 4.39 Å². The van der Waals surface area contributed by atoms with Crippen molar-refractivity contribution in [1.82, 2.24) is 0 Å². The van der Waals surface area contributed by atoms with Crippen molar-refractivity contribution in [1.29, 1.82) is 0 Å². The molecule has 0 radical (unpaired) electrons. The van der Waals surface area contributed by atoms with Gasteiger partial charge in [0, 0.05) is 0 Å². The van der Waals surface area contributed by atoms with Gasteiger partial charge in [-0.2, -0.15) is 0 Å². The Labute approximate surface area is 113 Å². The SMILES string of the molecule is COc1ccc2c(c1)CCC(c1ccc(F)cc1)C2. The molecule has 0 saturated heterocycles. The topological polar surface area (TPSA) is 9.23 Å². The van der Waals surface area contributed by atoms with E-state index < -0.39 is 0 Å². The molecule has 19 heavy (non-hydrogen) atoms. The molecule has 2 heteroatoms. The van der Waals surface area contributed by atoms with E-state index in [0.717, 1.165) is 25.0 Å². The maximum atomic E-state index is 13.0. The van der Waals surface area contributed by atoms with Crippen LogP contribution in [0.4, 0.5) is 4.39 Å². The van der Waals surface area contributed by atoms with Crippen LogP contribution in [0.25, 0.3) is 0 Å². The first-order valence-corrected chi connectivity index (χ1v) is 6.67. The molecule has 1 aliphatic rings. The molecule has 0 fully saturated rings. The Bertz CT molecular complexity index is 574. The van der Waals surface area contributed by atoms with Gasteiger partial charge in [0.15, 0.2) is 0 Å². The molecule has 0 N–H and O–H groups in total. The lowest BCUT2D eigenvalue weighted by atomic mass is 9.80. The van der Waals surface area contributed by atoms with Crippen molar-refractivity contribution >= 4 is 0 Å². The fourth-order valence-corrected chi connectivity index (χ4v) is 2.88. The van der Waals surface area contributed by atoms with Crippen LogP contribution in [0.5, 0.6) is 5.75 Å². The van der Waals surface area contributed by atoms with Crippen LogP contribution < -0.4 is 4.74 Å². The average Bonchev–Trinajstić information content (AvgIpc) is 2.47. The molecule has 0 bridgehead atoms. The zero-order valence-electron chi connectivity index (χ0n) is 11.0. The molecule has 0 aromatic heterocycles. The second kappa shape index (κ2) is 5.04. The fourth-order valence-electron chi connectivity index (χ4n) is 2.88. The van der Waals surface area contributed by atoms with Crippen LogP contribution in [0, 0.1) is 5.82 Å². The summed E-state index contributed by atoms with van der Waals surface area (Å²) >= 11 is 0. The Balaban J connectivity index is 1.84. The van der Waals surface area contributed by atoms with Gasteiger partial charge in [-0.1, -0.05) is 18.2 Å². The monoisotopic (exact) mass is 256 g/mol. The van der Waals surface area contributed by atoms with Crippen molar-refractivity contribution in [2.45, 2.75) is 25.2 Å². The van der Waals surface area contributed by atoms with Crippen LogP contribution in [0.1, 0.15) is 29.0 Å². The van der Waals surface area contributed by atoms with E-state index in [1.54, 1.807) is 19.2 Å². The minimum absolute atomic E-state index is 0.162. The molecule has 2 aromatic carbocycles. The third-order valence-electron chi connectivity index (χ3n) is 3.98. The summed E-state index contributed by atoms with van der Waals surface area (Å²) in [6, 6.07) is 13.2. The van der Waals surface area contributed by atoms with Gasteiger partial charge in [0.25, 0.3) is 0 Å². The normalized spacial score (nSPS) is 17.9. The number of halogens is 1. The van der Waals surface area contributed by atoms with Gasteiger partial charge in [-0.05, 0) is 66.1 Å². The number of rotatable bonds is 2. The summed E-state index contributed by atoms with van der Waals surface area (Å²) in [6.45, 7) is 0. The van der Waals surface area contributed by atoms with Crippen LogP contribution in [-0.2, 0) is 12.8 Å². The Hall–Kier alpha value is -1.83. The summed E-state index contributed by atoms with van der Waals surface area (Å²) < 4.78 is 18.2. The first-order chi connectivity index (χ1) is 9.26. The maximum absolute atomic E-state index is 13.0. The predicted octanol–water partition coefficient (Wildman–Crippen LogP) is 4.11.